The van der Waals surface area contributed by atoms with Crippen LogP contribution in [0.25, 0.3) is 0 Å². The van der Waals surface area contributed by atoms with Crippen molar-refractivity contribution in [2.75, 3.05) is 33.7 Å². The maximum atomic E-state index is 12.0. The molecule has 0 bridgehead atoms. The van der Waals surface area contributed by atoms with Gasteiger partial charge in [-0.05, 0) is 37.1 Å². The van der Waals surface area contributed by atoms with Crippen LogP contribution in [0.5, 0.6) is 0 Å². The normalized spacial score (nSPS) is 15.0. The van der Waals surface area contributed by atoms with E-state index in [1.165, 1.54) is 38.4 Å². The van der Waals surface area contributed by atoms with Crippen LogP contribution in [0.1, 0.15) is 23.2 Å². The Bertz CT molecular complexity index is 677. The lowest BCUT2D eigenvalue weighted by molar-refractivity contribution is -0.129. The molecule has 126 valence electrons. The highest BCUT2D eigenvalue weighted by molar-refractivity contribution is 7.89. The molecule has 1 N–H and O–H groups in total. The minimum Gasteiger partial charge on any atom is -0.343 e. The first-order valence-electron chi connectivity index (χ1n) is 7.41. The van der Waals surface area contributed by atoms with Crippen molar-refractivity contribution in [3.63, 3.8) is 0 Å². The number of rotatable bonds is 5. The summed E-state index contributed by atoms with van der Waals surface area (Å²) in [6, 6.07) is 5.64. The number of amides is 2. The van der Waals surface area contributed by atoms with Gasteiger partial charge in [0.2, 0.25) is 15.9 Å². The fourth-order valence-corrected chi connectivity index (χ4v) is 3.23. The van der Waals surface area contributed by atoms with Crippen LogP contribution in [0, 0.1) is 0 Å². The number of carbonyl (C=O) groups excluding carboxylic acids is 2. The first kappa shape index (κ1) is 17.4. The summed E-state index contributed by atoms with van der Waals surface area (Å²) in [6.45, 7) is 1.44. The van der Waals surface area contributed by atoms with Crippen LogP contribution in [0.3, 0.4) is 0 Å². The van der Waals surface area contributed by atoms with E-state index in [1.54, 1.807) is 4.90 Å². The Balaban J connectivity index is 1.96. The third-order valence-electron chi connectivity index (χ3n) is 3.75. The third kappa shape index (κ3) is 4.08. The van der Waals surface area contributed by atoms with Crippen LogP contribution in [0.4, 0.5) is 0 Å². The number of nitrogens with one attached hydrogen (secondary N) is 1. The highest BCUT2D eigenvalue weighted by Crippen LogP contribution is 2.14. The van der Waals surface area contributed by atoms with Crippen LogP contribution in [0.2, 0.25) is 0 Å². The number of hydrogen-bond acceptors (Lipinski definition) is 4. The Morgan fingerprint density at radius 2 is 1.70 bits per heavy atom. The van der Waals surface area contributed by atoms with Crippen molar-refractivity contribution in [3.8, 4) is 0 Å². The zero-order valence-corrected chi connectivity index (χ0v) is 14.1. The summed E-state index contributed by atoms with van der Waals surface area (Å²) in [5.41, 5.74) is 0.317. The van der Waals surface area contributed by atoms with Crippen LogP contribution in [-0.4, -0.2) is 63.2 Å². The van der Waals surface area contributed by atoms with Crippen molar-refractivity contribution >= 4 is 21.8 Å². The molecule has 0 saturated carbocycles. The predicted molar refractivity (Wildman–Crippen MR) is 85.5 cm³/mol. The lowest BCUT2D eigenvalue weighted by atomic mass is 10.2. The van der Waals surface area contributed by atoms with Gasteiger partial charge in [-0.2, -0.15) is 0 Å². The molecule has 1 aliphatic rings. The summed E-state index contributed by atoms with van der Waals surface area (Å²) in [6.07, 6.45) is 2.00. The van der Waals surface area contributed by atoms with Crippen molar-refractivity contribution in [2.45, 2.75) is 17.7 Å². The van der Waals surface area contributed by atoms with E-state index in [2.05, 4.69) is 5.32 Å². The summed E-state index contributed by atoms with van der Waals surface area (Å²) < 4.78 is 25.0. The van der Waals surface area contributed by atoms with Crippen LogP contribution < -0.4 is 5.32 Å². The molecule has 0 atom stereocenters. The second kappa shape index (κ2) is 7.10. The van der Waals surface area contributed by atoms with Gasteiger partial charge in [0, 0.05) is 32.7 Å². The third-order valence-corrected chi connectivity index (χ3v) is 5.58. The Hall–Kier alpha value is -1.93. The maximum absolute atomic E-state index is 12.0. The molecule has 0 unspecified atom stereocenters. The minimum absolute atomic E-state index is 0.0451. The highest BCUT2D eigenvalue weighted by Gasteiger charge is 2.19. The molecule has 1 heterocycles. The van der Waals surface area contributed by atoms with Crippen molar-refractivity contribution in [1.29, 1.82) is 0 Å². The zero-order valence-electron chi connectivity index (χ0n) is 13.3. The molecule has 0 spiro atoms. The molecule has 0 radical (unpaired) electrons. The fraction of sp³-hybridized carbons (Fsp3) is 0.467. The SMILES string of the molecule is CN(C)S(=O)(=O)c1ccc(C(=O)NCC(=O)N2CCCC2)cc1. The molecule has 1 fully saturated rings. The summed E-state index contributed by atoms with van der Waals surface area (Å²) >= 11 is 0. The van der Waals surface area contributed by atoms with E-state index in [9.17, 15) is 18.0 Å². The lowest BCUT2D eigenvalue weighted by Gasteiger charge is -2.15. The average molecular weight is 339 g/mol. The smallest absolute Gasteiger partial charge is 0.251 e. The molecule has 23 heavy (non-hydrogen) atoms. The van der Waals surface area contributed by atoms with E-state index < -0.39 is 15.9 Å². The Morgan fingerprint density at radius 1 is 1.13 bits per heavy atom. The number of sulfonamides is 1. The van der Waals surface area contributed by atoms with E-state index >= 15 is 0 Å². The topological polar surface area (TPSA) is 86.8 Å². The molecule has 1 aromatic rings. The number of benzene rings is 1. The molecule has 1 saturated heterocycles. The minimum atomic E-state index is -3.52. The largest absolute Gasteiger partial charge is 0.343 e. The Labute approximate surface area is 136 Å². The number of hydrogen-bond donors (Lipinski definition) is 1. The molecular weight excluding hydrogens is 318 g/mol. The number of likely N-dealkylation sites (tertiary alicyclic amines) is 1. The molecule has 0 aliphatic carbocycles. The van der Waals surface area contributed by atoms with Crippen LogP contribution >= 0.6 is 0 Å². The first-order valence-corrected chi connectivity index (χ1v) is 8.85. The van der Waals surface area contributed by atoms with Crippen molar-refractivity contribution in [2.24, 2.45) is 0 Å². The standard InChI is InChI=1S/C15H21N3O4S/c1-17(2)23(21,22)13-7-5-12(6-8-13)15(20)16-11-14(19)18-9-3-4-10-18/h5-8H,3-4,9-11H2,1-2H3,(H,16,20). The van der Waals surface area contributed by atoms with E-state index in [0.717, 1.165) is 30.2 Å². The predicted octanol–water partition coefficient (Wildman–Crippen LogP) is 0.289. The molecular formula is C15H21N3O4S. The van der Waals surface area contributed by atoms with Crippen LogP contribution in [0.15, 0.2) is 29.2 Å². The molecule has 2 rings (SSSR count). The maximum Gasteiger partial charge on any atom is 0.251 e. The van der Waals surface area contributed by atoms with Crippen molar-refractivity contribution < 1.29 is 18.0 Å². The van der Waals surface area contributed by atoms with Gasteiger partial charge in [-0.25, -0.2) is 12.7 Å². The van der Waals surface area contributed by atoms with Crippen molar-refractivity contribution in [3.05, 3.63) is 29.8 Å². The highest BCUT2D eigenvalue weighted by atomic mass is 32.2. The number of nitrogens with zero attached hydrogens (tertiary/aromatic N) is 2. The van der Waals surface area contributed by atoms with Gasteiger partial charge in [-0.3, -0.25) is 9.59 Å². The monoisotopic (exact) mass is 339 g/mol. The summed E-state index contributed by atoms with van der Waals surface area (Å²) in [5, 5.41) is 2.57. The second-order valence-corrected chi connectivity index (χ2v) is 7.73. The quantitative estimate of drug-likeness (QED) is 0.835. The van der Waals surface area contributed by atoms with E-state index in [0.29, 0.717) is 5.56 Å². The molecule has 8 heteroatoms. The van der Waals surface area contributed by atoms with Crippen molar-refractivity contribution in [1.82, 2.24) is 14.5 Å². The fourth-order valence-electron chi connectivity index (χ4n) is 2.33. The Morgan fingerprint density at radius 3 is 2.22 bits per heavy atom. The van der Waals surface area contributed by atoms with Gasteiger partial charge in [0.25, 0.3) is 5.91 Å². The molecule has 2 amide bonds. The molecule has 7 nitrogen and oxygen atoms in total. The van der Waals surface area contributed by atoms with Gasteiger partial charge in [0.1, 0.15) is 0 Å². The van der Waals surface area contributed by atoms with Gasteiger partial charge in [-0.1, -0.05) is 0 Å². The number of carbonyl (C=O) groups is 2. The van der Waals surface area contributed by atoms with E-state index in [1.807, 2.05) is 0 Å². The van der Waals surface area contributed by atoms with Gasteiger partial charge in [0.15, 0.2) is 0 Å². The average Bonchev–Trinajstić information content (AvgIpc) is 3.06. The lowest BCUT2D eigenvalue weighted by Crippen LogP contribution is -2.38. The zero-order chi connectivity index (χ0) is 17.0. The summed E-state index contributed by atoms with van der Waals surface area (Å²) in [4.78, 5) is 25.7. The molecule has 0 aromatic heterocycles. The van der Waals surface area contributed by atoms with Gasteiger partial charge in [-0.15, -0.1) is 0 Å². The summed E-state index contributed by atoms with van der Waals surface area (Å²) in [5.74, 6) is -0.492. The van der Waals surface area contributed by atoms with Crippen LogP contribution in [-0.2, 0) is 14.8 Å². The molecule has 1 aromatic carbocycles. The Kier molecular flexibility index (Phi) is 5.38. The van der Waals surface area contributed by atoms with E-state index in [4.69, 9.17) is 0 Å². The van der Waals surface area contributed by atoms with Gasteiger partial charge in [0.05, 0.1) is 11.4 Å². The molecule has 1 aliphatic heterocycles. The first-order chi connectivity index (χ1) is 10.8. The van der Waals surface area contributed by atoms with Gasteiger partial charge < -0.3 is 10.2 Å². The second-order valence-electron chi connectivity index (χ2n) is 5.58. The van der Waals surface area contributed by atoms with Gasteiger partial charge >= 0.3 is 0 Å². The summed E-state index contributed by atoms with van der Waals surface area (Å²) in [7, 11) is -0.627. The van der Waals surface area contributed by atoms with E-state index in [-0.39, 0.29) is 17.3 Å².